The molecule has 0 heterocycles. The zero-order chi connectivity index (χ0) is 35.5. The molecule has 0 spiro atoms. The Balaban J connectivity index is 1.41. The van der Waals surface area contributed by atoms with E-state index in [1.54, 1.807) is 78.9 Å². The van der Waals surface area contributed by atoms with E-state index < -0.39 is 23.0 Å². The molecule has 5 aromatic rings. The van der Waals surface area contributed by atoms with E-state index in [2.05, 4.69) is 16.0 Å². The van der Waals surface area contributed by atoms with Gasteiger partial charge in [-0.05, 0) is 66.2 Å². The maximum absolute atomic E-state index is 13.8. The number of para-hydroxylation sites is 1. The molecule has 5 rings (SSSR count). The van der Waals surface area contributed by atoms with E-state index >= 15 is 0 Å². The van der Waals surface area contributed by atoms with E-state index in [1.807, 2.05) is 36.4 Å². The third-order valence-electron chi connectivity index (χ3n) is 7.33. The van der Waals surface area contributed by atoms with Crippen LogP contribution in [0.15, 0.2) is 138 Å². The first-order valence-electron chi connectivity index (χ1n) is 15.3. The first-order valence-corrected chi connectivity index (χ1v) is 16.2. The fourth-order valence-corrected chi connectivity index (χ4v) is 6.03. The molecular weight excluding hydrogens is 655 g/mol. The van der Waals surface area contributed by atoms with Crippen molar-refractivity contribution in [1.29, 1.82) is 0 Å². The lowest BCUT2D eigenvalue weighted by atomic mass is 10.1. The second-order valence-electron chi connectivity index (χ2n) is 10.7. The number of ether oxygens (including phenoxy) is 2. The third kappa shape index (κ3) is 8.97. The van der Waals surface area contributed by atoms with Crippen LogP contribution < -0.4 is 25.4 Å². The summed E-state index contributed by atoms with van der Waals surface area (Å²) < 4.78 is 11.0. The summed E-state index contributed by atoms with van der Waals surface area (Å²) in [5, 5.41) is 17.1. The Morgan fingerprint density at radius 2 is 1.34 bits per heavy atom. The average molecular weight is 688 g/mol. The lowest BCUT2D eigenvalue weighted by Gasteiger charge is -2.18. The molecule has 252 valence electrons. The van der Waals surface area contributed by atoms with Gasteiger partial charge < -0.3 is 30.5 Å². The number of hydrogen-bond acceptors (Lipinski definition) is 7. The quantitative estimate of drug-likeness (QED) is 0.0747. The van der Waals surface area contributed by atoms with Crippen LogP contribution in [0.3, 0.4) is 0 Å². The molecule has 0 aliphatic rings. The van der Waals surface area contributed by atoms with Gasteiger partial charge in [-0.25, -0.2) is 4.79 Å². The van der Waals surface area contributed by atoms with Gasteiger partial charge in [0.1, 0.15) is 10.9 Å². The Kier molecular flexibility index (Phi) is 11.7. The monoisotopic (exact) mass is 687 g/mol. The van der Waals surface area contributed by atoms with Crippen molar-refractivity contribution in [3.8, 4) is 11.5 Å². The minimum absolute atomic E-state index is 0.0476. The number of benzene rings is 5. The summed E-state index contributed by atoms with van der Waals surface area (Å²) in [4.78, 5) is 52.7. The molecule has 0 fully saturated rings. The molecule has 0 saturated heterocycles. The third-order valence-corrected chi connectivity index (χ3v) is 8.57. The van der Waals surface area contributed by atoms with Gasteiger partial charge in [0.05, 0.1) is 19.8 Å². The predicted octanol–water partition coefficient (Wildman–Crippen LogP) is 7.28. The highest BCUT2D eigenvalue weighted by Gasteiger charge is 2.23. The number of thioether (sulfide) groups is 1. The number of amides is 3. The van der Waals surface area contributed by atoms with E-state index in [0.717, 1.165) is 5.56 Å². The van der Waals surface area contributed by atoms with Gasteiger partial charge in [0.15, 0.2) is 11.5 Å². The summed E-state index contributed by atoms with van der Waals surface area (Å²) in [5.41, 5.74) is 2.35. The normalized spacial score (nSPS) is 11.5. The molecular formula is C39H33N3O7S. The van der Waals surface area contributed by atoms with Crippen LogP contribution >= 0.6 is 11.8 Å². The number of carboxylic acid groups (broad SMARTS) is 1. The number of carboxylic acids is 1. The first kappa shape index (κ1) is 35.0. The smallest absolute Gasteiger partial charge is 0.335 e. The molecule has 11 heteroatoms. The van der Waals surface area contributed by atoms with Crippen molar-refractivity contribution in [2.45, 2.75) is 10.1 Å². The summed E-state index contributed by atoms with van der Waals surface area (Å²) in [6.45, 7) is 0. The topological polar surface area (TPSA) is 143 Å². The summed E-state index contributed by atoms with van der Waals surface area (Å²) in [5.74, 6) is -1.71. The van der Waals surface area contributed by atoms with Crippen LogP contribution in [0.5, 0.6) is 11.5 Å². The van der Waals surface area contributed by atoms with Gasteiger partial charge >= 0.3 is 5.97 Å². The van der Waals surface area contributed by atoms with E-state index in [4.69, 9.17) is 9.47 Å². The fourth-order valence-electron chi connectivity index (χ4n) is 4.94. The number of methoxy groups -OCH3 is 2. The van der Waals surface area contributed by atoms with Crippen LogP contribution in [0.25, 0.3) is 6.08 Å². The molecule has 3 amide bonds. The molecule has 0 aromatic heterocycles. The lowest BCUT2D eigenvalue weighted by Crippen LogP contribution is -2.30. The van der Waals surface area contributed by atoms with Gasteiger partial charge in [-0.15, -0.1) is 11.8 Å². The van der Waals surface area contributed by atoms with E-state index in [0.29, 0.717) is 38.9 Å². The highest BCUT2D eigenvalue weighted by molar-refractivity contribution is 8.00. The number of carbonyl (C=O) groups excluding carboxylic acids is 3. The zero-order valence-corrected chi connectivity index (χ0v) is 27.9. The molecule has 0 aliphatic carbocycles. The van der Waals surface area contributed by atoms with Crippen LogP contribution in [-0.4, -0.2) is 43.0 Å². The van der Waals surface area contributed by atoms with Crippen LogP contribution in [0.4, 0.5) is 11.4 Å². The molecule has 0 bridgehead atoms. The van der Waals surface area contributed by atoms with Gasteiger partial charge in [0.25, 0.3) is 11.8 Å². The number of carbonyl (C=O) groups is 4. The van der Waals surface area contributed by atoms with Gasteiger partial charge in [-0.2, -0.15) is 0 Å². The standard InChI is InChI=1S/C39H33N3O7S/c1-48-33-21-10-16-27(34(33)49-2)23-32(42-36(43)26-14-7-4-8-15-26)37(44)40-30-19-11-20-31(24-30)50-35(25-12-5-3-6-13-25)38(45)41-29-18-9-17-28(22-29)39(46)47/h3-24,35H,1-2H3,(H,40,44)(H,41,45)(H,42,43)(H,46,47)/b32-23+. The molecule has 5 aromatic carbocycles. The SMILES string of the molecule is COc1cccc(/C=C(/NC(=O)c2ccccc2)C(=O)Nc2cccc(SC(C(=O)Nc3cccc(C(=O)O)c3)c3ccccc3)c2)c1OC. The number of aromatic carboxylic acids is 1. The summed E-state index contributed by atoms with van der Waals surface area (Å²) in [7, 11) is 2.99. The Hall–Kier alpha value is -6.33. The van der Waals surface area contributed by atoms with E-state index in [-0.39, 0.29) is 17.2 Å². The maximum atomic E-state index is 13.8. The molecule has 0 aliphatic heterocycles. The van der Waals surface area contributed by atoms with Crippen LogP contribution in [-0.2, 0) is 9.59 Å². The van der Waals surface area contributed by atoms with Crippen molar-refractivity contribution >= 4 is 52.9 Å². The van der Waals surface area contributed by atoms with Crippen molar-refractivity contribution in [2.75, 3.05) is 24.9 Å². The van der Waals surface area contributed by atoms with E-state index in [1.165, 1.54) is 44.2 Å². The second kappa shape index (κ2) is 16.7. The number of hydrogen-bond donors (Lipinski definition) is 4. The zero-order valence-electron chi connectivity index (χ0n) is 27.1. The summed E-state index contributed by atoms with van der Waals surface area (Å²) in [6.07, 6.45) is 1.51. The Morgan fingerprint density at radius 3 is 2.02 bits per heavy atom. The van der Waals surface area contributed by atoms with Gasteiger partial charge in [-0.3, -0.25) is 14.4 Å². The Bertz CT molecular complexity index is 2030. The minimum Gasteiger partial charge on any atom is -0.493 e. The van der Waals surface area contributed by atoms with Crippen molar-refractivity contribution in [3.63, 3.8) is 0 Å². The lowest BCUT2D eigenvalue weighted by molar-refractivity contribution is -0.116. The Morgan fingerprint density at radius 1 is 0.700 bits per heavy atom. The fraction of sp³-hybridized carbons (Fsp3) is 0.0769. The highest BCUT2D eigenvalue weighted by Crippen LogP contribution is 2.37. The maximum Gasteiger partial charge on any atom is 0.335 e. The molecule has 0 radical (unpaired) electrons. The largest absolute Gasteiger partial charge is 0.493 e. The molecule has 10 nitrogen and oxygen atoms in total. The van der Waals surface area contributed by atoms with Crippen molar-refractivity contribution in [3.05, 3.63) is 155 Å². The number of anilines is 2. The minimum atomic E-state index is -1.10. The summed E-state index contributed by atoms with van der Waals surface area (Å²) in [6, 6.07) is 35.9. The van der Waals surface area contributed by atoms with Gasteiger partial charge in [-0.1, -0.05) is 72.8 Å². The molecule has 50 heavy (non-hydrogen) atoms. The van der Waals surface area contributed by atoms with Gasteiger partial charge in [0.2, 0.25) is 5.91 Å². The second-order valence-corrected chi connectivity index (χ2v) is 11.9. The van der Waals surface area contributed by atoms with Crippen molar-refractivity contribution in [1.82, 2.24) is 5.32 Å². The van der Waals surface area contributed by atoms with Crippen molar-refractivity contribution in [2.24, 2.45) is 0 Å². The predicted molar refractivity (Wildman–Crippen MR) is 194 cm³/mol. The molecule has 1 atom stereocenters. The van der Waals surface area contributed by atoms with E-state index in [9.17, 15) is 24.3 Å². The first-order chi connectivity index (χ1) is 24.2. The van der Waals surface area contributed by atoms with Crippen LogP contribution in [0.2, 0.25) is 0 Å². The molecule has 4 N–H and O–H groups in total. The summed E-state index contributed by atoms with van der Waals surface area (Å²) >= 11 is 1.25. The van der Waals surface area contributed by atoms with Crippen LogP contribution in [0, 0.1) is 0 Å². The average Bonchev–Trinajstić information content (AvgIpc) is 3.14. The van der Waals surface area contributed by atoms with Crippen molar-refractivity contribution < 1.29 is 33.8 Å². The number of nitrogens with one attached hydrogen (secondary N) is 3. The molecule has 0 saturated carbocycles. The molecule has 1 unspecified atom stereocenters. The Labute approximate surface area is 293 Å². The number of rotatable bonds is 13. The highest BCUT2D eigenvalue weighted by atomic mass is 32.2. The van der Waals surface area contributed by atoms with Gasteiger partial charge in [0, 0.05) is 27.4 Å². The van der Waals surface area contributed by atoms with Crippen LogP contribution in [0.1, 0.15) is 37.1 Å².